The highest BCUT2D eigenvalue weighted by Crippen LogP contribution is 2.32. The monoisotopic (exact) mass is 400 g/mol. The van der Waals surface area contributed by atoms with Crippen molar-refractivity contribution in [3.8, 4) is 11.5 Å². The van der Waals surface area contributed by atoms with Gasteiger partial charge in [0.15, 0.2) is 5.82 Å². The number of alkyl halides is 3. The number of carbonyl (C=O) groups is 1. The van der Waals surface area contributed by atoms with Crippen molar-refractivity contribution in [2.75, 3.05) is 0 Å². The van der Waals surface area contributed by atoms with Crippen molar-refractivity contribution in [3.05, 3.63) is 64.5 Å². The number of rotatable bonds is 4. The molecule has 3 aromatic rings. The van der Waals surface area contributed by atoms with Crippen molar-refractivity contribution in [2.45, 2.75) is 12.7 Å². The summed E-state index contributed by atoms with van der Waals surface area (Å²) in [6.45, 7) is -0.171. The number of benzene rings is 1. The lowest BCUT2D eigenvalue weighted by Gasteiger charge is -2.07. The molecule has 0 unspecified atom stereocenters. The summed E-state index contributed by atoms with van der Waals surface area (Å²) >= 11 is 5.80. The zero-order chi connectivity index (χ0) is 19.6. The average molecular weight is 401 g/mol. The first-order chi connectivity index (χ1) is 12.8. The fourth-order valence-electron chi connectivity index (χ4n) is 2.11. The van der Waals surface area contributed by atoms with Crippen LogP contribution in [0.5, 0.6) is 0 Å². The molecule has 0 saturated heterocycles. The summed E-state index contributed by atoms with van der Waals surface area (Å²) in [7, 11) is 0. The van der Waals surface area contributed by atoms with Crippen molar-refractivity contribution >= 4 is 17.5 Å². The molecule has 0 atom stereocenters. The zero-order valence-electron chi connectivity index (χ0n) is 13.2. The highest BCUT2D eigenvalue weighted by atomic mass is 35.5. The molecule has 0 aliphatic heterocycles. The molecule has 11 heteroatoms. The number of hydrogen-bond donors (Lipinski definition) is 1. The van der Waals surface area contributed by atoms with Gasteiger partial charge in [0.1, 0.15) is 11.0 Å². The van der Waals surface area contributed by atoms with Gasteiger partial charge < -0.3 is 9.84 Å². The number of nitrogens with zero attached hydrogens (tertiary/aromatic N) is 3. The number of pyridine rings is 1. The van der Waals surface area contributed by atoms with Crippen LogP contribution in [0.15, 0.2) is 41.1 Å². The largest absolute Gasteiger partial charge is 0.416 e. The first-order valence-electron chi connectivity index (χ1n) is 7.34. The molecule has 0 saturated carbocycles. The van der Waals surface area contributed by atoms with Crippen LogP contribution in [0.2, 0.25) is 5.15 Å². The maximum atomic E-state index is 13.9. The van der Waals surface area contributed by atoms with Gasteiger partial charge in [0, 0.05) is 6.20 Å². The van der Waals surface area contributed by atoms with E-state index in [0.29, 0.717) is 12.1 Å². The Morgan fingerprint density at radius 1 is 1.26 bits per heavy atom. The van der Waals surface area contributed by atoms with E-state index < -0.39 is 23.5 Å². The van der Waals surface area contributed by atoms with Crippen LogP contribution < -0.4 is 5.32 Å². The van der Waals surface area contributed by atoms with Gasteiger partial charge >= 0.3 is 6.18 Å². The molecule has 6 nitrogen and oxygen atoms in total. The fraction of sp³-hybridized carbons (Fsp3) is 0.125. The van der Waals surface area contributed by atoms with E-state index in [1.54, 1.807) is 0 Å². The Kier molecular flexibility index (Phi) is 5.08. The standard InChI is InChI=1S/C16H9ClF4N4O2/c17-13-10(2-1-5-22-13)14(26)23-7-12-24-15(27-25-12)9-4-3-8(6-11(9)18)16(19,20)21/h1-6H,7H2,(H,23,26). The third kappa shape index (κ3) is 4.22. The van der Waals surface area contributed by atoms with Gasteiger partial charge in [-0.2, -0.15) is 18.2 Å². The van der Waals surface area contributed by atoms with Crippen molar-refractivity contribution in [1.82, 2.24) is 20.4 Å². The zero-order valence-corrected chi connectivity index (χ0v) is 14.0. The third-order valence-electron chi connectivity index (χ3n) is 3.41. The van der Waals surface area contributed by atoms with Crippen molar-refractivity contribution in [2.24, 2.45) is 0 Å². The van der Waals surface area contributed by atoms with Crippen LogP contribution in [0.1, 0.15) is 21.7 Å². The maximum Gasteiger partial charge on any atom is 0.416 e. The van der Waals surface area contributed by atoms with E-state index in [1.165, 1.54) is 18.3 Å². The second-order valence-corrected chi connectivity index (χ2v) is 5.59. The molecule has 140 valence electrons. The second kappa shape index (κ2) is 7.31. The second-order valence-electron chi connectivity index (χ2n) is 5.23. The predicted octanol–water partition coefficient (Wildman–Crippen LogP) is 3.87. The molecule has 2 aromatic heterocycles. The fourth-order valence-corrected chi connectivity index (χ4v) is 2.32. The number of hydrogen-bond acceptors (Lipinski definition) is 5. The lowest BCUT2D eigenvalue weighted by molar-refractivity contribution is -0.137. The normalized spacial score (nSPS) is 11.4. The van der Waals surface area contributed by atoms with Crippen molar-refractivity contribution in [1.29, 1.82) is 0 Å². The quantitative estimate of drug-likeness (QED) is 0.531. The highest BCUT2D eigenvalue weighted by molar-refractivity contribution is 6.32. The van der Waals surface area contributed by atoms with Gasteiger partial charge in [0.25, 0.3) is 11.8 Å². The number of nitrogens with one attached hydrogen (secondary N) is 1. The topological polar surface area (TPSA) is 80.9 Å². The van der Waals surface area contributed by atoms with E-state index in [1.807, 2.05) is 0 Å². The molecular formula is C16H9ClF4N4O2. The van der Waals surface area contributed by atoms with Crippen molar-refractivity contribution in [3.63, 3.8) is 0 Å². The molecule has 0 spiro atoms. The summed E-state index contributed by atoms with van der Waals surface area (Å²) in [6.07, 6.45) is -3.25. The molecule has 0 bridgehead atoms. The van der Waals surface area contributed by atoms with Crippen LogP contribution in [-0.4, -0.2) is 21.0 Å². The molecule has 2 heterocycles. The number of carbonyl (C=O) groups excluding carboxylic acids is 1. The maximum absolute atomic E-state index is 13.9. The van der Waals surface area contributed by atoms with Crippen LogP contribution in [0.3, 0.4) is 0 Å². The minimum absolute atomic E-state index is 0.00217. The molecule has 0 aliphatic rings. The van der Waals surface area contributed by atoms with Gasteiger partial charge in [-0.15, -0.1) is 0 Å². The van der Waals surface area contributed by atoms with Gasteiger partial charge in [-0.25, -0.2) is 9.37 Å². The number of amides is 1. The van der Waals surface area contributed by atoms with E-state index >= 15 is 0 Å². The summed E-state index contributed by atoms with van der Waals surface area (Å²) < 4.78 is 56.5. The molecule has 1 aromatic carbocycles. The van der Waals surface area contributed by atoms with Crippen LogP contribution in [0.25, 0.3) is 11.5 Å². The van der Waals surface area contributed by atoms with E-state index in [4.69, 9.17) is 16.1 Å². The Hall–Kier alpha value is -3.01. The van der Waals surface area contributed by atoms with Gasteiger partial charge in [0.2, 0.25) is 0 Å². The molecule has 1 N–H and O–H groups in total. The molecule has 3 rings (SSSR count). The molecular weight excluding hydrogens is 392 g/mol. The molecule has 0 aliphatic carbocycles. The Morgan fingerprint density at radius 2 is 2.04 bits per heavy atom. The Morgan fingerprint density at radius 3 is 2.70 bits per heavy atom. The van der Waals surface area contributed by atoms with E-state index in [-0.39, 0.29) is 34.5 Å². The lowest BCUT2D eigenvalue weighted by Crippen LogP contribution is -2.23. The smallest absolute Gasteiger partial charge is 0.345 e. The van der Waals surface area contributed by atoms with E-state index in [2.05, 4.69) is 20.4 Å². The first-order valence-corrected chi connectivity index (χ1v) is 7.72. The minimum Gasteiger partial charge on any atom is -0.345 e. The third-order valence-corrected chi connectivity index (χ3v) is 3.71. The van der Waals surface area contributed by atoms with E-state index in [0.717, 1.165) is 6.07 Å². The highest BCUT2D eigenvalue weighted by Gasteiger charge is 2.31. The summed E-state index contributed by atoms with van der Waals surface area (Å²) in [4.78, 5) is 19.6. The molecule has 0 fully saturated rings. The van der Waals surface area contributed by atoms with Gasteiger partial charge in [-0.3, -0.25) is 4.79 Å². The molecule has 27 heavy (non-hydrogen) atoms. The summed E-state index contributed by atoms with van der Waals surface area (Å²) in [5, 5.41) is 6.04. The Labute approximate surface area is 154 Å². The number of halogens is 5. The van der Waals surface area contributed by atoms with E-state index in [9.17, 15) is 22.4 Å². The number of aromatic nitrogens is 3. The van der Waals surface area contributed by atoms with Crippen LogP contribution >= 0.6 is 11.6 Å². The average Bonchev–Trinajstić information content (AvgIpc) is 3.08. The summed E-state index contributed by atoms with van der Waals surface area (Å²) in [5.74, 6) is -2.02. The van der Waals surface area contributed by atoms with Gasteiger partial charge in [-0.05, 0) is 30.3 Å². The Bertz CT molecular complexity index is 991. The van der Waals surface area contributed by atoms with Crippen LogP contribution in [-0.2, 0) is 12.7 Å². The summed E-state index contributed by atoms with van der Waals surface area (Å²) in [5.41, 5.74) is -1.29. The SMILES string of the molecule is O=C(NCc1noc(-c2ccc(C(F)(F)F)cc2F)n1)c1cccnc1Cl. The molecule has 0 radical (unpaired) electrons. The minimum atomic E-state index is -4.67. The Balaban J connectivity index is 1.72. The summed E-state index contributed by atoms with van der Waals surface area (Å²) in [6, 6.07) is 4.92. The van der Waals surface area contributed by atoms with Crippen LogP contribution in [0.4, 0.5) is 17.6 Å². The predicted molar refractivity (Wildman–Crippen MR) is 85.1 cm³/mol. The van der Waals surface area contributed by atoms with Crippen LogP contribution in [0, 0.1) is 5.82 Å². The van der Waals surface area contributed by atoms with Gasteiger partial charge in [0.05, 0.1) is 23.2 Å². The van der Waals surface area contributed by atoms with Crippen molar-refractivity contribution < 1.29 is 26.9 Å². The molecule has 1 amide bonds. The first kappa shape index (κ1) is 18.8. The van der Waals surface area contributed by atoms with Gasteiger partial charge in [-0.1, -0.05) is 16.8 Å². The lowest BCUT2D eigenvalue weighted by atomic mass is 10.1.